The van der Waals surface area contributed by atoms with Crippen LogP contribution in [-0.4, -0.2) is 31.6 Å². The Kier molecular flexibility index (Phi) is 5.93. The average Bonchev–Trinajstić information content (AvgIpc) is 3.06. The van der Waals surface area contributed by atoms with Crippen molar-refractivity contribution in [3.8, 4) is 0 Å². The van der Waals surface area contributed by atoms with Gasteiger partial charge in [-0.15, -0.1) is 0 Å². The van der Waals surface area contributed by atoms with Gasteiger partial charge in [-0.05, 0) is 69.3 Å². The summed E-state index contributed by atoms with van der Waals surface area (Å²) in [6, 6.07) is 17.9. The number of sulfone groups is 1. The molecule has 0 unspecified atom stereocenters. The molecule has 0 saturated carbocycles. The number of rotatable bonds is 5. The minimum absolute atomic E-state index is 0.242. The third kappa shape index (κ3) is 4.73. The van der Waals surface area contributed by atoms with Gasteiger partial charge in [0.15, 0.2) is 0 Å². The highest BCUT2D eigenvalue weighted by Gasteiger charge is 2.22. The van der Waals surface area contributed by atoms with Gasteiger partial charge in [0.2, 0.25) is 9.84 Å². The number of ether oxygens (including phenoxy) is 1. The third-order valence-corrected chi connectivity index (χ3v) is 7.29. The van der Waals surface area contributed by atoms with Gasteiger partial charge in [-0.3, -0.25) is 0 Å². The molecule has 1 aromatic heterocycles. The number of benzene rings is 3. The fourth-order valence-electron chi connectivity index (χ4n) is 4.01. The minimum Gasteiger partial charge on any atom is -0.444 e. The Hall–Kier alpha value is -3.32. The molecule has 4 aromatic rings. The van der Waals surface area contributed by atoms with Crippen molar-refractivity contribution in [3.63, 3.8) is 0 Å². The molecule has 1 amide bonds. The molecule has 33 heavy (non-hydrogen) atoms. The van der Waals surface area contributed by atoms with Crippen LogP contribution in [-0.2, 0) is 21.0 Å². The highest BCUT2D eigenvalue weighted by atomic mass is 32.2. The SMILES string of the molecule is Cc1[nH]c2ccc(S(=O)(=O)c3cccc4ccccc34)cc2c1CCNC(=O)OC(C)(C)C. The van der Waals surface area contributed by atoms with E-state index in [1.165, 1.54) is 0 Å². The smallest absolute Gasteiger partial charge is 0.407 e. The molecule has 0 fully saturated rings. The van der Waals surface area contributed by atoms with E-state index in [9.17, 15) is 13.2 Å². The van der Waals surface area contributed by atoms with E-state index >= 15 is 0 Å². The second kappa shape index (κ2) is 8.56. The summed E-state index contributed by atoms with van der Waals surface area (Å²) in [4.78, 5) is 15.8. The summed E-state index contributed by atoms with van der Waals surface area (Å²) >= 11 is 0. The Balaban J connectivity index is 1.66. The zero-order chi connectivity index (χ0) is 23.8. The number of nitrogens with one attached hydrogen (secondary N) is 2. The molecule has 6 nitrogen and oxygen atoms in total. The summed E-state index contributed by atoms with van der Waals surface area (Å²) in [6.45, 7) is 7.77. The number of carbonyl (C=O) groups is 1. The first-order valence-corrected chi connectivity index (χ1v) is 12.4. The molecule has 3 aromatic carbocycles. The molecule has 0 saturated heterocycles. The molecule has 2 N–H and O–H groups in total. The number of amides is 1. The van der Waals surface area contributed by atoms with Crippen molar-refractivity contribution in [1.82, 2.24) is 10.3 Å². The maximum absolute atomic E-state index is 13.6. The molecule has 0 radical (unpaired) electrons. The lowest BCUT2D eigenvalue weighted by Crippen LogP contribution is -2.33. The fraction of sp³-hybridized carbons (Fsp3) is 0.269. The van der Waals surface area contributed by atoms with Crippen molar-refractivity contribution in [1.29, 1.82) is 0 Å². The van der Waals surface area contributed by atoms with E-state index in [0.717, 1.165) is 27.5 Å². The zero-order valence-corrected chi connectivity index (χ0v) is 20.0. The van der Waals surface area contributed by atoms with E-state index in [-0.39, 0.29) is 4.90 Å². The summed E-state index contributed by atoms with van der Waals surface area (Å²) in [5, 5.41) is 5.18. The molecule has 0 aliphatic rings. The van der Waals surface area contributed by atoms with Gasteiger partial charge in [0.25, 0.3) is 0 Å². The van der Waals surface area contributed by atoms with Crippen LogP contribution in [0.5, 0.6) is 0 Å². The van der Waals surface area contributed by atoms with Gasteiger partial charge in [0.1, 0.15) is 5.60 Å². The van der Waals surface area contributed by atoms with E-state index in [1.807, 2.05) is 58.0 Å². The molecule has 1 heterocycles. The molecule has 0 spiro atoms. The Morgan fingerprint density at radius 3 is 2.48 bits per heavy atom. The van der Waals surface area contributed by atoms with Gasteiger partial charge < -0.3 is 15.0 Å². The predicted molar refractivity (Wildman–Crippen MR) is 130 cm³/mol. The third-order valence-electron chi connectivity index (χ3n) is 5.48. The van der Waals surface area contributed by atoms with Gasteiger partial charge in [0, 0.05) is 28.5 Å². The number of aromatic nitrogens is 1. The van der Waals surface area contributed by atoms with Crippen LogP contribution in [0.2, 0.25) is 0 Å². The summed E-state index contributed by atoms with van der Waals surface area (Å²) in [7, 11) is -3.72. The van der Waals surface area contributed by atoms with Gasteiger partial charge in [-0.2, -0.15) is 0 Å². The number of hydrogen-bond acceptors (Lipinski definition) is 4. The molecule has 0 bridgehead atoms. The van der Waals surface area contributed by atoms with E-state index in [4.69, 9.17) is 4.74 Å². The molecule has 4 rings (SSSR count). The van der Waals surface area contributed by atoms with Crippen molar-refractivity contribution in [2.24, 2.45) is 0 Å². The Labute approximate surface area is 193 Å². The normalized spacial score (nSPS) is 12.2. The number of fused-ring (bicyclic) bond motifs is 2. The first-order chi connectivity index (χ1) is 15.6. The lowest BCUT2D eigenvalue weighted by molar-refractivity contribution is 0.0528. The number of alkyl carbamates (subject to hydrolysis) is 1. The summed E-state index contributed by atoms with van der Waals surface area (Å²) in [5.74, 6) is 0. The van der Waals surface area contributed by atoms with Crippen LogP contribution in [0.3, 0.4) is 0 Å². The van der Waals surface area contributed by atoms with E-state index in [0.29, 0.717) is 23.2 Å². The summed E-state index contributed by atoms with van der Waals surface area (Å²) in [6.07, 6.45) is 0.0715. The standard InChI is InChI=1S/C26H28N2O4S/c1-17-20(14-15-27-25(29)32-26(2,3)4)22-16-19(12-13-23(22)28-17)33(30,31)24-11-7-9-18-8-5-6-10-21(18)24/h5-13,16,28H,14-15H2,1-4H3,(H,27,29). The van der Waals surface area contributed by atoms with Crippen LogP contribution >= 0.6 is 0 Å². The van der Waals surface area contributed by atoms with E-state index in [2.05, 4.69) is 10.3 Å². The summed E-state index contributed by atoms with van der Waals surface area (Å²) < 4.78 is 32.4. The number of hydrogen-bond donors (Lipinski definition) is 2. The summed E-state index contributed by atoms with van der Waals surface area (Å²) in [5.41, 5.74) is 2.20. The van der Waals surface area contributed by atoms with Crippen LogP contribution in [0.25, 0.3) is 21.7 Å². The lowest BCUT2D eigenvalue weighted by Gasteiger charge is -2.19. The van der Waals surface area contributed by atoms with Crippen molar-refractivity contribution in [2.45, 2.75) is 49.5 Å². The van der Waals surface area contributed by atoms with Crippen LogP contribution in [0.15, 0.2) is 70.5 Å². The van der Waals surface area contributed by atoms with Gasteiger partial charge >= 0.3 is 6.09 Å². The highest BCUT2D eigenvalue weighted by Crippen LogP contribution is 2.31. The Morgan fingerprint density at radius 2 is 1.73 bits per heavy atom. The van der Waals surface area contributed by atoms with Gasteiger partial charge in [-0.1, -0.05) is 36.4 Å². The molecule has 0 aliphatic heterocycles. The second-order valence-corrected chi connectivity index (χ2v) is 11.0. The maximum Gasteiger partial charge on any atom is 0.407 e. The number of carbonyl (C=O) groups excluding carboxylic acids is 1. The van der Waals surface area contributed by atoms with Gasteiger partial charge in [-0.25, -0.2) is 13.2 Å². The molecular formula is C26H28N2O4S. The topological polar surface area (TPSA) is 88.3 Å². The lowest BCUT2D eigenvalue weighted by atomic mass is 10.1. The van der Waals surface area contributed by atoms with Gasteiger partial charge in [0.05, 0.1) is 9.79 Å². The van der Waals surface area contributed by atoms with Crippen LogP contribution < -0.4 is 5.32 Å². The van der Waals surface area contributed by atoms with E-state index < -0.39 is 21.5 Å². The predicted octanol–water partition coefficient (Wildman–Crippen LogP) is 5.53. The zero-order valence-electron chi connectivity index (χ0n) is 19.2. The van der Waals surface area contributed by atoms with Crippen molar-refractivity contribution >= 4 is 37.6 Å². The molecule has 7 heteroatoms. The quantitative estimate of drug-likeness (QED) is 0.406. The largest absolute Gasteiger partial charge is 0.444 e. The second-order valence-electron chi connectivity index (χ2n) is 9.10. The number of aryl methyl sites for hydroxylation is 1. The van der Waals surface area contributed by atoms with Crippen molar-refractivity contribution in [2.75, 3.05) is 6.54 Å². The monoisotopic (exact) mass is 464 g/mol. The minimum atomic E-state index is -3.72. The van der Waals surface area contributed by atoms with Crippen molar-refractivity contribution < 1.29 is 17.9 Å². The molecule has 0 aliphatic carbocycles. The fourth-order valence-corrected chi connectivity index (χ4v) is 5.52. The Morgan fingerprint density at radius 1 is 1.00 bits per heavy atom. The maximum atomic E-state index is 13.6. The molecule has 0 atom stereocenters. The van der Waals surface area contributed by atoms with Crippen LogP contribution in [0.4, 0.5) is 4.79 Å². The first kappa shape index (κ1) is 22.9. The van der Waals surface area contributed by atoms with Crippen LogP contribution in [0.1, 0.15) is 32.0 Å². The Bertz CT molecular complexity index is 1440. The molecular weight excluding hydrogens is 436 g/mol. The number of H-pyrrole nitrogens is 1. The van der Waals surface area contributed by atoms with Crippen molar-refractivity contribution in [3.05, 3.63) is 71.9 Å². The molecule has 172 valence electrons. The van der Waals surface area contributed by atoms with E-state index in [1.54, 1.807) is 30.3 Å². The highest BCUT2D eigenvalue weighted by molar-refractivity contribution is 7.91. The first-order valence-electron chi connectivity index (χ1n) is 10.9. The number of aromatic amines is 1. The average molecular weight is 465 g/mol. The van der Waals surface area contributed by atoms with Crippen LogP contribution in [0, 0.1) is 6.92 Å².